The maximum atomic E-state index is 13.4. The van der Waals surface area contributed by atoms with Crippen molar-refractivity contribution in [1.82, 2.24) is 4.98 Å². The monoisotopic (exact) mass is 296 g/mol. The highest BCUT2D eigenvalue weighted by molar-refractivity contribution is 6.16. The Hall–Kier alpha value is -2.43. The number of Topliss-reactive ketones (excluding diaryl/α,β-unsaturated/α-hetero) is 1. The van der Waals surface area contributed by atoms with Gasteiger partial charge in [0.15, 0.2) is 0 Å². The molecule has 0 saturated carbocycles. The zero-order valence-electron chi connectivity index (χ0n) is 11.2. The van der Waals surface area contributed by atoms with Crippen LogP contribution in [-0.2, 0) is 4.79 Å². The van der Waals surface area contributed by atoms with Crippen LogP contribution in [0.1, 0.15) is 12.5 Å². The maximum Gasteiger partial charge on any atom is 0.439 e. The van der Waals surface area contributed by atoms with E-state index in [0.29, 0.717) is 5.56 Å². The number of hydrogen-bond donors (Lipinski definition) is 1. The molecular formula is C13H11F3N4O. The van der Waals surface area contributed by atoms with Crippen LogP contribution < -0.4 is 5.32 Å². The van der Waals surface area contributed by atoms with Crippen LogP contribution in [0.4, 0.5) is 19.0 Å². The van der Waals surface area contributed by atoms with Crippen LogP contribution in [-0.4, -0.2) is 28.3 Å². The van der Waals surface area contributed by atoms with Crippen LogP contribution >= 0.6 is 0 Å². The predicted molar refractivity (Wildman–Crippen MR) is 68.6 cm³/mol. The summed E-state index contributed by atoms with van der Waals surface area (Å²) in [5.74, 6) is -2.94. The summed E-state index contributed by atoms with van der Waals surface area (Å²) in [6, 6.07) is 4.66. The van der Waals surface area contributed by atoms with Crippen molar-refractivity contribution in [3.05, 3.63) is 23.9 Å². The van der Waals surface area contributed by atoms with E-state index in [1.807, 2.05) is 0 Å². The summed E-state index contributed by atoms with van der Waals surface area (Å²) in [6.07, 6.45) is -3.68. The number of halogens is 3. The number of aromatic nitrogens is 1. The van der Waals surface area contributed by atoms with E-state index < -0.39 is 23.5 Å². The average molecular weight is 296 g/mol. The SMILES string of the molecule is CC1=N[C@](Nc2ncccc2C)(C(F)(F)F)C(=O)[C@@H]1C#N. The highest BCUT2D eigenvalue weighted by Gasteiger charge is 2.66. The molecule has 1 aromatic rings. The number of carbonyl (C=O) groups is 1. The smallest absolute Gasteiger partial charge is 0.332 e. The van der Waals surface area contributed by atoms with Gasteiger partial charge >= 0.3 is 6.18 Å². The first-order chi connectivity index (χ1) is 9.73. The Labute approximate surface area is 118 Å². The topological polar surface area (TPSA) is 78.1 Å². The standard InChI is InChI=1S/C13H11F3N4O/c1-7-4-3-5-18-11(7)20-12(13(14,15)16)10(21)9(6-17)8(2)19-12/h3-5,9H,1-2H3,(H,18,20)/t9-,12-/m1/s1. The lowest BCUT2D eigenvalue weighted by Gasteiger charge is -2.29. The minimum absolute atomic E-state index is 0.0988. The number of rotatable bonds is 2. The first kappa shape index (κ1) is 15.0. The number of nitriles is 1. The number of nitrogens with one attached hydrogen (secondary N) is 1. The molecule has 110 valence electrons. The third kappa shape index (κ3) is 2.24. The number of anilines is 1. The van der Waals surface area contributed by atoms with Gasteiger partial charge in [0.05, 0.1) is 6.07 Å². The van der Waals surface area contributed by atoms with Crippen LogP contribution in [0.2, 0.25) is 0 Å². The molecule has 1 aliphatic heterocycles. The number of ketones is 1. The molecule has 2 heterocycles. The number of aryl methyl sites for hydroxylation is 1. The molecule has 1 aliphatic rings. The van der Waals surface area contributed by atoms with E-state index in [0.717, 1.165) is 0 Å². The molecule has 8 heteroatoms. The molecule has 0 aromatic carbocycles. The Balaban J connectivity index is 2.55. The van der Waals surface area contributed by atoms with Crippen LogP contribution in [0.3, 0.4) is 0 Å². The molecule has 0 unspecified atom stereocenters. The minimum Gasteiger partial charge on any atom is -0.332 e. The van der Waals surface area contributed by atoms with Gasteiger partial charge in [-0.05, 0) is 25.5 Å². The number of nitrogens with zero attached hydrogens (tertiary/aromatic N) is 3. The number of aliphatic imine (C=N–C) groups is 1. The summed E-state index contributed by atoms with van der Waals surface area (Å²) < 4.78 is 40.3. The molecular weight excluding hydrogens is 285 g/mol. The molecule has 0 spiro atoms. The Bertz CT molecular complexity index is 662. The quantitative estimate of drug-likeness (QED) is 0.908. The van der Waals surface area contributed by atoms with Crippen LogP contribution in [0.25, 0.3) is 0 Å². The summed E-state index contributed by atoms with van der Waals surface area (Å²) in [4.78, 5) is 19.3. The molecule has 5 nitrogen and oxygen atoms in total. The van der Waals surface area contributed by atoms with Crippen molar-refractivity contribution in [2.45, 2.75) is 25.7 Å². The van der Waals surface area contributed by atoms with E-state index in [-0.39, 0.29) is 11.5 Å². The second-order valence-electron chi connectivity index (χ2n) is 4.68. The van der Waals surface area contributed by atoms with Crippen LogP contribution in [0.5, 0.6) is 0 Å². The van der Waals surface area contributed by atoms with Gasteiger partial charge in [-0.15, -0.1) is 0 Å². The fourth-order valence-corrected chi connectivity index (χ4v) is 2.09. The molecule has 2 atom stereocenters. The van der Waals surface area contributed by atoms with Crippen molar-refractivity contribution in [3.63, 3.8) is 0 Å². The average Bonchev–Trinajstić information content (AvgIpc) is 2.64. The van der Waals surface area contributed by atoms with Gasteiger partial charge in [0, 0.05) is 11.9 Å². The van der Waals surface area contributed by atoms with Gasteiger partial charge < -0.3 is 5.32 Å². The summed E-state index contributed by atoms with van der Waals surface area (Å²) >= 11 is 0. The molecule has 0 saturated heterocycles. The molecule has 0 fully saturated rings. The minimum atomic E-state index is -4.99. The van der Waals surface area contributed by atoms with Gasteiger partial charge in [0.1, 0.15) is 11.7 Å². The third-order valence-electron chi connectivity index (χ3n) is 3.23. The highest BCUT2D eigenvalue weighted by Crippen LogP contribution is 2.41. The van der Waals surface area contributed by atoms with E-state index in [2.05, 4.69) is 15.3 Å². The van der Waals surface area contributed by atoms with E-state index in [1.165, 1.54) is 13.1 Å². The fraction of sp³-hybridized carbons (Fsp3) is 0.385. The van der Waals surface area contributed by atoms with Crippen molar-refractivity contribution in [2.24, 2.45) is 10.9 Å². The van der Waals surface area contributed by atoms with Crippen molar-refractivity contribution in [1.29, 1.82) is 5.26 Å². The second-order valence-corrected chi connectivity index (χ2v) is 4.68. The van der Waals surface area contributed by atoms with Crippen LogP contribution in [0.15, 0.2) is 23.3 Å². The molecule has 0 radical (unpaired) electrons. The Kier molecular flexibility index (Phi) is 3.45. The molecule has 2 rings (SSSR count). The maximum absolute atomic E-state index is 13.4. The van der Waals surface area contributed by atoms with E-state index >= 15 is 0 Å². The van der Waals surface area contributed by atoms with Gasteiger partial charge in [0.25, 0.3) is 5.66 Å². The van der Waals surface area contributed by atoms with Crippen molar-refractivity contribution in [3.8, 4) is 6.07 Å². The lowest BCUT2D eigenvalue weighted by atomic mass is 9.95. The molecule has 1 aromatic heterocycles. The van der Waals surface area contributed by atoms with E-state index in [1.54, 1.807) is 25.1 Å². The molecule has 0 bridgehead atoms. The summed E-state index contributed by atoms with van der Waals surface area (Å²) in [5, 5.41) is 10.9. The second kappa shape index (κ2) is 4.84. The molecule has 21 heavy (non-hydrogen) atoms. The van der Waals surface area contributed by atoms with Gasteiger partial charge in [-0.1, -0.05) is 6.07 Å². The van der Waals surface area contributed by atoms with Gasteiger partial charge in [-0.2, -0.15) is 18.4 Å². The zero-order valence-corrected chi connectivity index (χ0v) is 11.2. The zero-order chi connectivity index (χ0) is 15.8. The lowest BCUT2D eigenvalue weighted by Crippen LogP contribution is -2.56. The molecule has 0 amide bonds. The predicted octanol–water partition coefficient (Wildman–Crippen LogP) is 2.24. The largest absolute Gasteiger partial charge is 0.439 e. The molecule has 0 aliphatic carbocycles. The number of hydrogen-bond acceptors (Lipinski definition) is 5. The Morgan fingerprint density at radius 1 is 1.43 bits per heavy atom. The van der Waals surface area contributed by atoms with E-state index in [9.17, 15) is 18.0 Å². The summed E-state index contributed by atoms with van der Waals surface area (Å²) in [6.45, 7) is 2.78. The summed E-state index contributed by atoms with van der Waals surface area (Å²) in [5.41, 5.74) is -2.89. The number of pyridine rings is 1. The van der Waals surface area contributed by atoms with Gasteiger partial charge in [0.2, 0.25) is 5.78 Å². The Morgan fingerprint density at radius 2 is 2.10 bits per heavy atom. The van der Waals surface area contributed by atoms with Crippen molar-refractivity contribution in [2.75, 3.05) is 5.32 Å². The number of carbonyl (C=O) groups excluding carboxylic acids is 1. The first-order valence-electron chi connectivity index (χ1n) is 6.00. The number of alkyl halides is 3. The Morgan fingerprint density at radius 3 is 2.57 bits per heavy atom. The van der Waals surface area contributed by atoms with E-state index in [4.69, 9.17) is 5.26 Å². The van der Waals surface area contributed by atoms with Crippen molar-refractivity contribution < 1.29 is 18.0 Å². The fourth-order valence-electron chi connectivity index (χ4n) is 2.09. The normalized spacial score (nSPS) is 25.4. The summed E-state index contributed by atoms with van der Waals surface area (Å²) in [7, 11) is 0. The van der Waals surface area contributed by atoms with Crippen LogP contribution in [0, 0.1) is 24.2 Å². The first-order valence-corrected chi connectivity index (χ1v) is 6.00. The van der Waals surface area contributed by atoms with Crippen molar-refractivity contribution >= 4 is 17.3 Å². The van der Waals surface area contributed by atoms with Gasteiger partial charge in [-0.25, -0.2) is 9.98 Å². The lowest BCUT2D eigenvalue weighted by molar-refractivity contribution is -0.181. The molecule has 1 N–H and O–H groups in total. The highest BCUT2D eigenvalue weighted by atomic mass is 19.4. The van der Waals surface area contributed by atoms with Gasteiger partial charge in [-0.3, -0.25) is 4.79 Å². The third-order valence-corrected chi connectivity index (χ3v) is 3.23.